The first-order valence-corrected chi connectivity index (χ1v) is 5.17. The van der Waals surface area contributed by atoms with Crippen molar-refractivity contribution in [1.82, 2.24) is 5.32 Å². The summed E-state index contributed by atoms with van der Waals surface area (Å²) >= 11 is 0. The molecule has 0 fully saturated rings. The number of carbonyl (C=O) groups is 2. The lowest BCUT2D eigenvalue weighted by Gasteiger charge is -2.02. The fraction of sp³-hybridized carbons (Fsp3) is 0.0769. The molecule has 0 aliphatic rings. The maximum absolute atomic E-state index is 11.7. The Morgan fingerprint density at radius 1 is 1.06 bits per heavy atom. The number of hydrogen-bond donors (Lipinski definition) is 1. The molecule has 2 aromatic rings. The summed E-state index contributed by atoms with van der Waals surface area (Å²) < 4.78 is 4.91. The first-order chi connectivity index (χ1) is 8.27. The Hall–Kier alpha value is -2.36. The van der Waals surface area contributed by atoms with Crippen molar-refractivity contribution in [2.45, 2.75) is 0 Å². The van der Waals surface area contributed by atoms with Crippen molar-refractivity contribution >= 4 is 11.7 Å². The molecule has 4 nitrogen and oxygen atoms in total. The Bertz CT molecular complexity index is 503. The van der Waals surface area contributed by atoms with Gasteiger partial charge in [0, 0.05) is 5.56 Å². The van der Waals surface area contributed by atoms with Gasteiger partial charge in [-0.25, -0.2) is 0 Å². The molecule has 1 aromatic carbocycles. The molecule has 1 heterocycles. The molecule has 1 aromatic heterocycles. The molecule has 0 atom stereocenters. The van der Waals surface area contributed by atoms with Crippen LogP contribution in [0.4, 0.5) is 0 Å². The van der Waals surface area contributed by atoms with E-state index in [0.717, 1.165) is 0 Å². The third-order valence-corrected chi connectivity index (χ3v) is 2.25. The standard InChI is InChI=1S/C13H11NO3/c15-11(10-5-2-1-3-6-10)9-14-13(16)12-7-4-8-17-12/h1-8H,9H2,(H,14,16). The fourth-order valence-electron chi connectivity index (χ4n) is 1.38. The van der Waals surface area contributed by atoms with Gasteiger partial charge in [0.1, 0.15) is 0 Å². The Morgan fingerprint density at radius 3 is 2.47 bits per heavy atom. The van der Waals surface area contributed by atoms with Gasteiger partial charge < -0.3 is 9.73 Å². The smallest absolute Gasteiger partial charge is 0.287 e. The van der Waals surface area contributed by atoms with Crippen molar-refractivity contribution in [3.05, 3.63) is 60.1 Å². The molecule has 0 saturated carbocycles. The third kappa shape index (κ3) is 2.81. The summed E-state index contributed by atoms with van der Waals surface area (Å²) in [5.41, 5.74) is 0.576. The van der Waals surface area contributed by atoms with Gasteiger partial charge in [-0.3, -0.25) is 9.59 Å². The van der Waals surface area contributed by atoms with Crippen LogP contribution in [-0.2, 0) is 0 Å². The highest BCUT2D eigenvalue weighted by atomic mass is 16.3. The van der Waals surface area contributed by atoms with Crippen molar-refractivity contribution in [2.75, 3.05) is 6.54 Å². The molecule has 0 saturated heterocycles. The SMILES string of the molecule is O=C(CNC(=O)c1ccco1)c1ccccc1. The van der Waals surface area contributed by atoms with E-state index in [1.807, 2.05) is 6.07 Å². The van der Waals surface area contributed by atoms with E-state index in [9.17, 15) is 9.59 Å². The van der Waals surface area contributed by atoms with Gasteiger partial charge in [0.15, 0.2) is 11.5 Å². The normalized spacial score (nSPS) is 9.88. The monoisotopic (exact) mass is 229 g/mol. The second kappa shape index (κ2) is 5.12. The number of Topliss-reactive ketones (excluding diaryl/α,β-unsaturated/α-hetero) is 1. The maximum Gasteiger partial charge on any atom is 0.287 e. The van der Waals surface area contributed by atoms with Crippen LogP contribution in [0.3, 0.4) is 0 Å². The molecule has 86 valence electrons. The zero-order chi connectivity index (χ0) is 12.1. The van der Waals surface area contributed by atoms with Crippen molar-refractivity contribution in [2.24, 2.45) is 0 Å². The topological polar surface area (TPSA) is 59.3 Å². The second-order valence-corrected chi connectivity index (χ2v) is 3.45. The number of ketones is 1. The van der Waals surface area contributed by atoms with Crippen LogP contribution in [-0.4, -0.2) is 18.2 Å². The van der Waals surface area contributed by atoms with Crippen molar-refractivity contribution in [3.8, 4) is 0 Å². The number of amides is 1. The number of benzene rings is 1. The van der Waals surface area contributed by atoms with Crippen molar-refractivity contribution < 1.29 is 14.0 Å². The predicted octanol–water partition coefficient (Wildman–Crippen LogP) is 1.89. The predicted molar refractivity (Wildman–Crippen MR) is 61.8 cm³/mol. The summed E-state index contributed by atoms with van der Waals surface area (Å²) in [4.78, 5) is 23.2. The van der Waals surface area contributed by atoms with Crippen LogP contribution in [0.5, 0.6) is 0 Å². The molecule has 17 heavy (non-hydrogen) atoms. The van der Waals surface area contributed by atoms with E-state index >= 15 is 0 Å². The van der Waals surface area contributed by atoms with Gasteiger partial charge in [-0.1, -0.05) is 30.3 Å². The highest BCUT2D eigenvalue weighted by Gasteiger charge is 2.10. The van der Waals surface area contributed by atoms with Crippen LogP contribution in [0.2, 0.25) is 0 Å². The van der Waals surface area contributed by atoms with Gasteiger partial charge in [0.05, 0.1) is 12.8 Å². The minimum absolute atomic E-state index is 0.0381. The van der Waals surface area contributed by atoms with Crippen LogP contribution in [0, 0.1) is 0 Å². The number of nitrogens with one attached hydrogen (secondary N) is 1. The molecular weight excluding hydrogens is 218 g/mol. The van der Waals surface area contributed by atoms with Crippen LogP contribution in [0.15, 0.2) is 53.1 Å². The van der Waals surface area contributed by atoms with Gasteiger partial charge in [-0.05, 0) is 12.1 Å². The Morgan fingerprint density at radius 2 is 1.82 bits per heavy atom. The van der Waals surface area contributed by atoms with E-state index in [-0.39, 0.29) is 24.0 Å². The molecule has 0 aliphatic heterocycles. The number of rotatable bonds is 4. The molecule has 0 spiro atoms. The number of carbonyl (C=O) groups excluding carboxylic acids is 2. The minimum atomic E-state index is -0.390. The summed E-state index contributed by atoms with van der Waals surface area (Å²) in [6.45, 7) is -0.0381. The highest BCUT2D eigenvalue weighted by Crippen LogP contribution is 2.01. The minimum Gasteiger partial charge on any atom is -0.459 e. The zero-order valence-electron chi connectivity index (χ0n) is 9.05. The van der Waals surface area contributed by atoms with Gasteiger partial charge >= 0.3 is 0 Å². The fourth-order valence-corrected chi connectivity index (χ4v) is 1.38. The van der Waals surface area contributed by atoms with Crippen LogP contribution < -0.4 is 5.32 Å². The van der Waals surface area contributed by atoms with Crippen LogP contribution in [0.25, 0.3) is 0 Å². The largest absolute Gasteiger partial charge is 0.459 e. The summed E-state index contributed by atoms with van der Waals surface area (Å²) in [6, 6.07) is 12.0. The van der Waals surface area contributed by atoms with E-state index in [1.165, 1.54) is 6.26 Å². The molecule has 2 rings (SSSR count). The highest BCUT2D eigenvalue weighted by molar-refractivity contribution is 6.01. The first kappa shape index (κ1) is 11.1. The summed E-state index contributed by atoms with van der Waals surface area (Å²) in [7, 11) is 0. The molecule has 4 heteroatoms. The second-order valence-electron chi connectivity index (χ2n) is 3.45. The Balaban J connectivity index is 1.91. The van der Waals surface area contributed by atoms with Crippen LogP contribution in [0.1, 0.15) is 20.9 Å². The van der Waals surface area contributed by atoms with Gasteiger partial charge in [-0.15, -0.1) is 0 Å². The quantitative estimate of drug-likeness (QED) is 0.814. The molecule has 0 unspecified atom stereocenters. The maximum atomic E-state index is 11.7. The third-order valence-electron chi connectivity index (χ3n) is 2.25. The average Bonchev–Trinajstić information content (AvgIpc) is 2.90. The van der Waals surface area contributed by atoms with Crippen molar-refractivity contribution in [3.63, 3.8) is 0 Å². The van der Waals surface area contributed by atoms with E-state index in [1.54, 1.807) is 36.4 Å². The Kier molecular flexibility index (Phi) is 3.35. The lowest BCUT2D eigenvalue weighted by atomic mass is 10.1. The van der Waals surface area contributed by atoms with Gasteiger partial charge in [-0.2, -0.15) is 0 Å². The molecule has 0 aliphatic carbocycles. The summed E-state index contributed by atoms with van der Waals surface area (Å²) in [5, 5.41) is 2.50. The van der Waals surface area contributed by atoms with Gasteiger partial charge in [0.2, 0.25) is 0 Å². The molecule has 0 radical (unpaired) electrons. The summed E-state index contributed by atoms with van der Waals surface area (Å²) in [5.74, 6) is -0.323. The molecule has 0 bridgehead atoms. The Labute approximate surface area is 98.3 Å². The molecule has 1 N–H and O–H groups in total. The van der Waals surface area contributed by atoms with Crippen LogP contribution >= 0.6 is 0 Å². The number of furan rings is 1. The van der Waals surface area contributed by atoms with E-state index in [0.29, 0.717) is 5.56 Å². The lowest BCUT2D eigenvalue weighted by Crippen LogP contribution is -2.29. The lowest BCUT2D eigenvalue weighted by molar-refractivity contribution is 0.0885. The average molecular weight is 229 g/mol. The molecule has 1 amide bonds. The number of hydrogen-bond acceptors (Lipinski definition) is 3. The first-order valence-electron chi connectivity index (χ1n) is 5.17. The van der Waals surface area contributed by atoms with E-state index in [4.69, 9.17) is 4.42 Å². The van der Waals surface area contributed by atoms with Gasteiger partial charge in [0.25, 0.3) is 5.91 Å². The van der Waals surface area contributed by atoms with E-state index < -0.39 is 0 Å². The summed E-state index contributed by atoms with van der Waals surface area (Å²) in [6.07, 6.45) is 1.41. The van der Waals surface area contributed by atoms with Crippen molar-refractivity contribution in [1.29, 1.82) is 0 Å². The zero-order valence-corrected chi connectivity index (χ0v) is 9.05. The molecular formula is C13H11NO3. The van der Waals surface area contributed by atoms with E-state index in [2.05, 4.69) is 5.32 Å².